The third kappa shape index (κ3) is 1.32. The molecule has 2 saturated heterocycles. The predicted octanol–water partition coefficient (Wildman–Crippen LogP) is 1.08. The number of piperidine rings is 1. The molecule has 4 nitrogen and oxygen atoms in total. The Bertz CT molecular complexity index is 498. The van der Waals surface area contributed by atoms with Crippen molar-refractivity contribution in [2.75, 3.05) is 31.1 Å². The Morgan fingerprint density at radius 2 is 2.11 bits per heavy atom. The summed E-state index contributed by atoms with van der Waals surface area (Å²) in [5.74, 6) is 0.832. The van der Waals surface area contributed by atoms with Crippen molar-refractivity contribution >= 4 is 11.7 Å². The first-order valence-electron chi connectivity index (χ1n) is 6.66. The zero-order valence-corrected chi connectivity index (χ0v) is 10.3. The summed E-state index contributed by atoms with van der Waals surface area (Å²) in [6.07, 6.45) is 1.32. The van der Waals surface area contributed by atoms with E-state index in [0.29, 0.717) is 5.41 Å². The van der Waals surface area contributed by atoms with Gasteiger partial charge in [-0.3, -0.25) is 4.90 Å². The number of nitrogens with zero attached hydrogens (tertiary/aromatic N) is 1. The monoisotopic (exact) mass is 243 g/mol. The van der Waals surface area contributed by atoms with Crippen LogP contribution in [0.3, 0.4) is 0 Å². The van der Waals surface area contributed by atoms with Gasteiger partial charge in [0.25, 0.3) is 0 Å². The fourth-order valence-corrected chi connectivity index (χ4v) is 3.48. The summed E-state index contributed by atoms with van der Waals surface area (Å²) in [5, 5.41) is 6.29. The topological polar surface area (TPSA) is 44.4 Å². The van der Waals surface area contributed by atoms with E-state index < -0.39 is 0 Å². The summed E-state index contributed by atoms with van der Waals surface area (Å²) in [4.78, 5) is 13.4. The van der Waals surface area contributed by atoms with Gasteiger partial charge in [-0.05, 0) is 36.6 Å². The number of carbonyl (C=O) groups excluding carboxylic acids is 1. The number of benzene rings is 1. The summed E-state index contributed by atoms with van der Waals surface area (Å²) in [6, 6.07) is 8.60. The summed E-state index contributed by atoms with van der Waals surface area (Å²) < 4.78 is 0. The quantitative estimate of drug-likeness (QED) is 0.816. The van der Waals surface area contributed by atoms with E-state index in [2.05, 4.69) is 34.9 Å². The van der Waals surface area contributed by atoms with Crippen molar-refractivity contribution in [2.45, 2.75) is 11.8 Å². The number of nitrogens with one attached hydrogen (secondary N) is 2. The minimum Gasteiger partial charge on any atom is -0.336 e. The zero-order chi connectivity index (χ0) is 12.2. The van der Waals surface area contributed by atoms with Crippen LogP contribution in [0.1, 0.15) is 12.0 Å². The van der Waals surface area contributed by atoms with Crippen molar-refractivity contribution in [3.05, 3.63) is 29.8 Å². The first-order valence-corrected chi connectivity index (χ1v) is 6.66. The molecule has 3 fully saturated rings. The van der Waals surface area contributed by atoms with Crippen molar-refractivity contribution in [3.8, 4) is 0 Å². The molecule has 1 aromatic carbocycles. The minimum absolute atomic E-state index is 0.0211. The van der Waals surface area contributed by atoms with Gasteiger partial charge in [-0.25, -0.2) is 4.79 Å². The number of rotatable bonds is 2. The second-order valence-corrected chi connectivity index (χ2v) is 5.62. The molecule has 3 aliphatic rings. The van der Waals surface area contributed by atoms with Crippen molar-refractivity contribution in [1.82, 2.24) is 10.6 Å². The van der Waals surface area contributed by atoms with Gasteiger partial charge in [0, 0.05) is 30.7 Å². The molecule has 1 saturated carbocycles. The molecule has 1 aliphatic carbocycles. The fraction of sp³-hybridized carbons (Fsp3) is 0.500. The van der Waals surface area contributed by atoms with Crippen LogP contribution < -0.4 is 15.5 Å². The normalized spacial score (nSPS) is 33.4. The lowest BCUT2D eigenvalue weighted by Crippen LogP contribution is -2.27. The number of amides is 2. The van der Waals surface area contributed by atoms with E-state index in [-0.39, 0.29) is 6.03 Å². The van der Waals surface area contributed by atoms with E-state index in [9.17, 15) is 4.79 Å². The zero-order valence-electron chi connectivity index (χ0n) is 10.3. The van der Waals surface area contributed by atoms with Gasteiger partial charge < -0.3 is 10.6 Å². The Morgan fingerprint density at radius 1 is 1.28 bits per heavy atom. The van der Waals surface area contributed by atoms with Crippen LogP contribution in [0, 0.1) is 5.92 Å². The van der Waals surface area contributed by atoms with E-state index >= 15 is 0 Å². The lowest BCUT2D eigenvalue weighted by molar-refractivity contribution is 0.252. The Balaban J connectivity index is 1.60. The average molecular weight is 243 g/mol. The molecule has 0 spiro atoms. The van der Waals surface area contributed by atoms with Crippen molar-refractivity contribution < 1.29 is 4.79 Å². The molecule has 4 rings (SSSR count). The highest BCUT2D eigenvalue weighted by Crippen LogP contribution is 2.56. The fourth-order valence-electron chi connectivity index (χ4n) is 3.48. The maximum atomic E-state index is 11.6. The van der Waals surface area contributed by atoms with Crippen LogP contribution in [-0.2, 0) is 5.41 Å². The first kappa shape index (κ1) is 10.4. The second kappa shape index (κ2) is 3.48. The number of hydrogen-bond acceptors (Lipinski definition) is 2. The molecule has 94 valence electrons. The van der Waals surface area contributed by atoms with Crippen molar-refractivity contribution in [3.63, 3.8) is 0 Å². The summed E-state index contributed by atoms with van der Waals surface area (Å²) >= 11 is 0. The van der Waals surface area contributed by atoms with E-state index in [0.717, 1.165) is 37.8 Å². The number of carbonyl (C=O) groups is 1. The van der Waals surface area contributed by atoms with Gasteiger partial charge in [0.05, 0.1) is 0 Å². The van der Waals surface area contributed by atoms with Crippen LogP contribution >= 0.6 is 0 Å². The minimum atomic E-state index is 0.0211. The summed E-state index contributed by atoms with van der Waals surface area (Å²) in [7, 11) is 0. The van der Waals surface area contributed by atoms with Crippen LogP contribution in [0.15, 0.2) is 24.3 Å². The van der Waals surface area contributed by atoms with E-state index in [1.54, 1.807) is 4.90 Å². The largest absolute Gasteiger partial charge is 0.336 e. The van der Waals surface area contributed by atoms with Gasteiger partial charge in [0.2, 0.25) is 0 Å². The third-order valence-corrected chi connectivity index (χ3v) is 4.67. The van der Waals surface area contributed by atoms with Gasteiger partial charge in [-0.15, -0.1) is 0 Å². The average Bonchev–Trinajstić information content (AvgIpc) is 2.74. The van der Waals surface area contributed by atoms with Gasteiger partial charge in [0.15, 0.2) is 0 Å². The molecular weight excluding hydrogens is 226 g/mol. The molecule has 0 bridgehead atoms. The maximum Gasteiger partial charge on any atom is 0.321 e. The van der Waals surface area contributed by atoms with Gasteiger partial charge in [-0.1, -0.05) is 12.1 Å². The molecule has 2 unspecified atom stereocenters. The number of urea groups is 1. The number of anilines is 1. The van der Waals surface area contributed by atoms with E-state index in [4.69, 9.17) is 0 Å². The molecule has 2 N–H and O–H groups in total. The second-order valence-electron chi connectivity index (χ2n) is 5.62. The van der Waals surface area contributed by atoms with Gasteiger partial charge in [-0.2, -0.15) is 0 Å². The van der Waals surface area contributed by atoms with Crippen LogP contribution in [0.5, 0.6) is 0 Å². The molecule has 2 heterocycles. The Labute approximate surface area is 106 Å². The van der Waals surface area contributed by atoms with Crippen molar-refractivity contribution in [2.24, 2.45) is 5.92 Å². The standard InChI is InChI=1S/C14H17N3O/c18-13-16-5-6-17(13)12-3-1-10(2-4-12)14-7-11(14)8-15-9-14/h1-4,11,15H,5-9H2,(H,16,18). The molecule has 2 atom stereocenters. The first-order chi connectivity index (χ1) is 8.79. The Morgan fingerprint density at radius 3 is 2.67 bits per heavy atom. The highest BCUT2D eigenvalue weighted by Gasteiger charge is 2.57. The molecule has 0 aromatic heterocycles. The highest BCUT2D eigenvalue weighted by atomic mass is 16.2. The third-order valence-electron chi connectivity index (χ3n) is 4.67. The van der Waals surface area contributed by atoms with Crippen LogP contribution in [-0.4, -0.2) is 32.2 Å². The smallest absolute Gasteiger partial charge is 0.321 e. The van der Waals surface area contributed by atoms with Crippen molar-refractivity contribution in [1.29, 1.82) is 0 Å². The molecular formula is C14H17N3O. The summed E-state index contributed by atoms with van der Waals surface area (Å²) in [5.41, 5.74) is 2.85. The Kier molecular flexibility index (Phi) is 2.01. The van der Waals surface area contributed by atoms with Crippen LogP contribution in [0.2, 0.25) is 0 Å². The predicted molar refractivity (Wildman–Crippen MR) is 69.8 cm³/mol. The van der Waals surface area contributed by atoms with Gasteiger partial charge in [0.1, 0.15) is 0 Å². The van der Waals surface area contributed by atoms with E-state index in [1.807, 2.05) is 0 Å². The molecule has 2 amide bonds. The molecule has 18 heavy (non-hydrogen) atoms. The number of hydrogen-bond donors (Lipinski definition) is 2. The molecule has 4 heteroatoms. The Hall–Kier alpha value is -1.55. The molecule has 1 aromatic rings. The van der Waals surface area contributed by atoms with E-state index in [1.165, 1.54) is 12.0 Å². The SMILES string of the molecule is O=C1NCCN1c1ccc(C23CNCC2C3)cc1. The summed E-state index contributed by atoms with van der Waals surface area (Å²) in [6.45, 7) is 3.79. The highest BCUT2D eigenvalue weighted by molar-refractivity contribution is 5.94. The molecule has 0 radical (unpaired) electrons. The maximum absolute atomic E-state index is 11.6. The van der Waals surface area contributed by atoms with Gasteiger partial charge >= 0.3 is 6.03 Å². The molecule has 2 aliphatic heterocycles. The van der Waals surface area contributed by atoms with Crippen LogP contribution in [0.4, 0.5) is 10.5 Å². The number of fused-ring (bicyclic) bond motifs is 1. The lowest BCUT2D eigenvalue weighted by Gasteiger charge is -2.17. The lowest BCUT2D eigenvalue weighted by atomic mass is 9.95. The van der Waals surface area contributed by atoms with Crippen LogP contribution in [0.25, 0.3) is 0 Å².